The van der Waals surface area contributed by atoms with Gasteiger partial charge < -0.3 is 14.6 Å². The van der Waals surface area contributed by atoms with Gasteiger partial charge in [-0.2, -0.15) is 8.78 Å². The van der Waals surface area contributed by atoms with Crippen molar-refractivity contribution in [3.63, 3.8) is 0 Å². The van der Waals surface area contributed by atoms with Crippen molar-refractivity contribution in [3.05, 3.63) is 0 Å². The number of carbonyl (C=O) groups excluding carboxylic acids is 2. The van der Waals surface area contributed by atoms with E-state index in [1.165, 1.54) is 19.3 Å². The number of halogens is 2. The average Bonchev–Trinajstić information content (AvgIpc) is 2.41. The summed E-state index contributed by atoms with van der Waals surface area (Å²) in [6.45, 7) is 0.676. The average molecular weight is 346 g/mol. The fraction of sp³-hybridized carbons (Fsp3) is 0.882. The summed E-state index contributed by atoms with van der Waals surface area (Å²) in [5.41, 5.74) is -2.68. The summed E-state index contributed by atoms with van der Waals surface area (Å²) in [6.07, 6.45) is 5.93. The molecule has 1 unspecified atom stereocenters. The van der Waals surface area contributed by atoms with Crippen LogP contribution < -0.4 is 0 Å². The van der Waals surface area contributed by atoms with E-state index in [9.17, 15) is 23.5 Å². The second kappa shape index (κ2) is 5.64. The van der Waals surface area contributed by atoms with Gasteiger partial charge in [-0.3, -0.25) is 0 Å². The van der Waals surface area contributed by atoms with Crippen LogP contribution in [0.5, 0.6) is 0 Å². The minimum Gasteiger partial charge on any atom is -0.458 e. The summed E-state index contributed by atoms with van der Waals surface area (Å²) >= 11 is 0. The lowest BCUT2D eigenvalue weighted by molar-refractivity contribution is -0.209. The number of ether oxygens (including phenoxy) is 2. The molecule has 0 saturated heterocycles. The fourth-order valence-electron chi connectivity index (χ4n) is 4.85. The first-order valence-electron chi connectivity index (χ1n) is 8.50. The van der Waals surface area contributed by atoms with Gasteiger partial charge >= 0.3 is 17.9 Å². The molecule has 1 N–H and O–H groups in total. The van der Waals surface area contributed by atoms with Gasteiger partial charge in [0.2, 0.25) is 0 Å². The zero-order valence-corrected chi connectivity index (χ0v) is 14.0. The van der Waals surface area contributed by atoms with Crippen LogP contribution in [0.1, 0.15) is 52.4 Å². The van der Waals surface area contributed by atoms with Crippen molar-refractivity contribution in [3.8, 4) is 0 Å². The molecule has 0 heterocycles. The molecule has 0 aromatic rings. The predicted octanol–water partition coefficient (Wildman–Crippen LogP) is 2.45. The molecule has 0 aromatic carbocycles. The van der Waals surface area contributed by atoms with Crippen molar-refractivity contribution in [2.75, 3.05) is 6.61 Å². The van der Waals surface area contributed by atoms with E-state index >= 15 is 0 Å². The molecule has 0 spiro atoms. The van der Waals surface area contributed by atoms with E-state index in [2.05, 4.69) is 4.74 Å². The van der Waals surface area contributed by atoms with Crippen molar-refractivity contribution in [1.82, 2.24) is 0 Å². The van der Waals surface area contributed by atoms with Gasteiger partial charge in [0.1, 0.15) is 12.2 Å². The third-order valence-corrected chi connectivity index (χ3v) is 5.57. The maximum atomic E-state index is 12.8. The lowest BCUT2D eigenvalue weighted by Gasteiger charge is -2.56. The number of hydrogen-bond acceptors (Lipinski definition) is 5. The standard InChI is InChI=1S/C17H24F2O5/c1-15(22,9-23-14(21)16(2,18)19)13(20)24-17-6-10-3-11(7-17)5-12(4-10)8-17/h10-12,22H,3-9H2,1-2H3. The van der Waals surface area contributed by atoms with Crippen molar-refractivity contribution >= 4 is 11.9 Å². The van der Waals surface area contributed by atoms with Crippen molar-refractivity contribution in [2.45, 2.75) is 69.5 Å². The van der Waals surface area contributed by atoms with E-state index in [4.69, 9.17) is 4.74 Å². The molecule has 5 nitrogen and oxygen atoms in total. The minimum atomic E-state index is -3.67. The number of aliphatic hydroxyl groups is 1. The minimum absolute atomic E-state index is 0.401. The van der Waals surface area contributed by atoms with Crippen LogP contribution in [0.2, 0.25) is 0 Å². The molecule has 4 rings (SSSR count). The Bertz CT molecular complexity index is 502. The van der Waals surface area contributed by atoms with Crippen LogP contribution in [-0.2, 0) is 19.1 Å². The van der Waals surface area contributed by atoms with Gasteiger partial charge in [0.15, 0.2) is 5.60 Å². The number of carbonyl (C=O) groups is 2. The topological polar surface area (TPSA) is 72.8 Å². The fourth-order valence-corrected chi connectivity index (χ4v) is 4.85. The highest BCUT2D eigenvalue weighted by Crippen LogP contribution is 2.57. The van der Waals surface area contributed by atoms with Gasteiger partial charge in [0.05, 0.1) is 0 Å². The van der Waals surface area contributed by atoms with Crippen LogP contribution in [0.15, 0.2) is 0 Å². The smallest absolute Gasteiger partial charge is 0.376 e. The zero-order valence-electron chi connectivity index (χ0n) is 14.0. The lowest BCUT2D eigenvalue weighted by Crippen LogP contribution is -2.55. The molecule has 7 heteroatoms. The first kappa shape index (κ1) is 17.6. The maximum absolute atomic E-state index is 12.8. The molecule has 4 aliphatic rings. The Morgan fingerprint density at radius 1 is 1.04 bits per heavy atom. The number of alkyl halides is 2. The highest BCUT2D eigenvalue weighted by atomic mass is 19.3. The molecular formula is C17H24F2O5. The molecule has 0 amide bonds. The molecule has 1 atom stereocenters. The molecule has 4 bridgehead atoms. The largest absolute Gasteiger partial charge is 0.458 e. The Morgan fingerprint density at radius 2 is 1.50 bits per heavy atom. The molecule has 136 valence electrons. The van der Waals surface area contributed by atoms with Crippen LogP contribution in [0, 0.1) is 17.8 Å². The third-order valence-electron chi connectivity index (χ3n) is 5.57. The molecule has 0 aliphatic heterocycles. The van der Waals surface area contributed by atoms with Crippen molar-refractivity contribution in [2.24, 2.45) is 17.8 Å². The molecular weight excluding hydrogens is 322 g/mol. The lowest BCUT2D eigenvalue weighted by atomic mass is 9.54. The SMILES string of the molecule is CC(F)(F)C(=O)OCC(C)(O)C(=O)OC12CC3CC(CC(C3)C1)C2. The van der Waals surface area contributed by atoms with Crippen LogP contribution in [0.25, 0.3) is 0 Å². The Hall–Kier alpha value is -1.24. The molecule has 4 fully saturated rings. The number of hydrogen-bond donors (Lipinski definition) is 1. The summed E-state index contributed by atoms with van der Waals surface area (Å²) in [5.74, 6) is -4.66. The van der Waals surface area contributed by atoms with E-state index in [0.717, 1.165) is 26.2 Å². The Kier molecular flexibility index (Phi) is 4.13. The number of esters is 2. The third kappa shape index (κ3) is 3.41. The van der Waals surface area contributed by atoms with Crippen molar-refractivity contribution < 1.29 is 33.0 Å². The maximum Gasteiger partial charge on any atom is 0.376 e. The summed E-state index contributed by atoms with van der Waals surface area (Å²) in [5, 5.41) is 10.2. The van der Waals surface area contributed by atoms with Crippen LogP contribution in [-0.4, -0.2) is 40.8 Å². The van der Waals surface area contributed by atoms with E-state index < -0.39 is 35.7 Å². The quantitative estimate of drug-likeness (QED) is 0.774. The second-order valence-corrected chi connectivity index (χ2v) is 8.23. The summed E-state index contributed by atoms with van der Waals surface area (Å²) in [4.78, 5) is 23.5. The van der Waals surface area contributed by atoms with Gasteiger partial charge in [-0.25, -0.2) is 9.59 Å². The molecule has 0 radical (unpaired) electrons. The van der Waals surface area contributed by atoms with Gasteiger partial charge in [-0.1, -0.05) is 0 Å². The molecule has 4 saturated carbocycles. The second-order valence-electron chi connectivity index (χ2n) is 8.23. The Labute approximate surface area is 139 Å². The number of rotatable bonds is 5. The zero-order chi connectivity index (χ0) is 17.8. The van der Waals surface area contributed by atoms with Crippen LogP contribution in [0.4, 0.5) is 8.78 Å². The van der Waals surface area contributed by atoms with Crippen LogP contribution >= 0.6 is 0 Å². The first-order chi connectivity index (χ1) is 11.0. The highest BCUT2D eigenvalue weighted by Gasteiger charge is 2.54. The molecule has 4 aliphatic carbocycles. The van der Waals surface area contributed by atoms with Gasteiger partial charge in [0, 0.05) is 6.92 Å². The van der Waals surface area contributed by atoms with E-state index in [1.54, 1.807) is 0 Å². The first-order valence-corrected chi connectivity index (χ1v) is 8.50. The Balaban J connectivity index is 1.60. The van der Waals surface area contributed by atoms with E-state index in [-0.39, 0.29) is 0 Å². The Morgan fingerprint density at radius 3 is 1.92 bits per heavy atom. The van der Waals surface area contributed by atoms with Crippen molar-refractivity contribution in [1.29, 1.82) is 0 Å². The van der Waals surface area contributed by atoms with Gasteiger partial charge in [0.25, 0.3) is 0 Å². The normalized spacial score (nSPS) is 37.0. The van der Waals surface area contributed by atoms with Gasteiger partial charge in [-0.05, 0) is 63.2 Å². The molecule has 24 heavy (non-hydrogen) atoms. The molecule has 0 aromatic heterocycles. The highest BCUT2D eigenvalue weighted by molar-refractivity contribution is 5.81. The summed E-state index contributed by atoms with van der Waals surface area (Å²) in [6, 6.07) is 0. The van der Waals surface area contributed by atoms with Crippen LogP contribution in [0.3, 0.4) is 0 Å². The summed E-state index contributed by atoms with van der Waals surface area (Å²) in [7, 11) is 0. The monoisotopic (exact) mass is 346 g/mol. The summed E-state index contributed by atoms with van der Waals surface area (Å²) < 4.78 is 35.7. The van der Waals surface area contributed by atoms with Gasteiger partial charge in [-0.15, -0.1) is 0 Å². The predicted molar refractivity (Wildman–Crippen MR) is 79.2 cm³/mol. The van der Waals surface area contributed by atoms with E-state index in [1.807, 2.05) is 0 Å². The van der Waals surface area contributed by atoms with E-state index in [0.29, 0.717) is 24.7 Å².